The SMILES string of the molecule is CCC(CC)NC(=O)Nc1ccc(Oc2ccc(NC(=O)c3ccc(OC4CCN(C(C)C)CC4)cc3)cc2C)c(OC)c1. The van der Waals surface area contributed by atoms with E-state index in [0.717, 1.165) is 50.1 Å². The topological polar surface area (TPSA) is 101 Å². The van der Waals surface area contributed by atoms with E-state index in [1.807, 2.05) is 39.0 Å². The van der Waals surface area contributed by atoms with Crippen LogP contribution in [0.25, 0.3) is 0 Å². The number of methoxy groups -OCH3 is 1. The Balaban J connectivity index is 1.32. The fraction of sp³-hybridized carbons (Fsp3) is 0.429. The van der Waals surface area contributed by atoms with Gasteiger partial charge in [-0.2, -0.15) is 0 Å². The molecule has 0 bridgehead atoms. The van der Waals surface area contributed by atoms with Gasteiger partial charge in [0.15, 0.2) is 11.5 Å². The van der Waals surface area contributed by atoms with Crippen LogP contribution in [0, 0.1) is 6.92 Å². The Labute approximate surface area is 261 Å². The molecule has 0 unspecified atom stereocenters. The maximum Gasteiger partial charge on any atom is 0.319 e. The maximum absolute atomic E-state index is 12.9. The van der Waals surface area contributed by atoms with E-state index in [1.165, 1.54) is 0 Å². The van der Waals surface area contributed by atoms with E-state index >= 15 is 0 Å². The minimum atomic E-state index is -0.259. The van der Waals surface area contributed by atoms with Crippen molar-refractivity contribution in [1.29, 1.82) is 0 Å². The molecule has 1 heterocycles. The van der Waals surface area contributed by atoms with Crippen LogP contribution in [0.2, 0.25) is 0 Å². The Morgan fingerprint density at radius 3 is 2.09 bits per heavy atom. The molecule has 44 heavy (non-hydrogen) atoms. The third-order valence-corrected chi connectivity index (χ3v) is 8.02. The number of aryl methyl sites for hydroxylation is 1. The highest BCUT2D eigenvalue weighted by molar-refractivity contribution is 6.04. The first-order chi connectivity index (χ1) is 21.2. The molecule has 1 aliphatic rings. The molecule has 0 saturated carbocycles. The number of carbonyl (C=O) groups excluding carboxylic acids is 2. The Morgan fingerprint density at radius 1 is 0.864 bits per heavy atom. The maximum atomic E-state index is 12.9. The zero-order valence-corrected chi connectivity index (χ0v) is 26.7. The number of hydrogen-bond acceptors (Lipinski definition) is 6. The Kier molecular flexibility index (Phi) is 11.5. The standard InChI is InChI=1S/C35H46N4O5/c1-7-26(8-2)37-35(41)38-28-12-16-32(33(22-28)42-6)44-31-15-11-27(21-24(31)5)36-34(40)25-9-13-29(14-10-25)43-30-17-19-39(20-18-30)23(3)4/h9-16,21-23,26,30H,7-8,17-20H2,1-6H3,(H,36,40)(H2,37,38,41). The Hall–Kier alpha value is -4.24. The summed E-state index contributed by atoms with van der Waals surface area (Å²) in [6, 6.07) is 18.4. The molecule has 3 N–H and O–H groups in total. The zero-order chi connectivity index (χ0) is 31.6. The number of carbonyl (C=O) groups is 2. The molecule has 0 atom stereocenters. The highest BCUT2D eigenvalue weighted by Gasteiger charge is 2.22. The molecular formula is C35H46N4O5. The largest absolute Gasteiger partial charge is 0.493 e. The number of hydrogen-bond donors (Lipinski definition) is 3. The van der Waals surface area contributed by atoms with Crippen LogP contribution in [0.4, 0.5) is 16.2 Å². The summed E-state index contributed by atoms with van der Waals surface area (Å²) in [5, 5.41) is 8.77. The molecule has 1 saturated heterocycles. The van der Waals surface area contributed by atoms with Crippen molar-refractivity contribution in [3.63, 3.8) is 0 Å². The van der Waals surface area contributed by atoms with Crippen molar-refractivity contribution in [2.24, 2.45) is 0 Å². The summed E-state index contributed by atoms with van der Waals surface area (Å²) in [7, 11) is 1.55. The lowest BCUT2D eigenvalue weighted by Crippen LogP contribution is -2.41. The van der Waals surface area contributed by atoms with Gasteiger partial charge < -0.3 is 35.1 Å². The molecule has 3 aromatic carbocycles. The second-order valence-electron chi connectivity index (χ2n) is 11.5. The van der Waals surface area contributed by atoms with Gasteiger partial charge in [0, 0.05) is 48.2 Å². The van der Waals surface area contributed by atoms with Crippen LogP contribution in [0.1, 0.15) is 69.3 Å². The number of ether oxygens (including phenoxy) is 3. The minimum Gasteiger partial charge on any atom is -0.493 e. The smallest absolute Gasteiger partial charge is 0.319 e. The predicted molar refractivity (Wildman–Crippen MR) is 176 cm³/mol. The van der Waals surface area contributed by atoms with Gasteiger partial charge >= 0.3 is 6.03 Å². The van der Waals surface area contributed by atoms with Gasteiger partial charge in [0.2, 0.25) is 0 Å². The van der Waals surface area contributed by atoms with Crippen LogP contribution in [-0.4, -0.2) is 55.2 Å². The molecule has 4 rings (SSSR count). The van der Waals surface area contributed by atoms with Crippen LogP contribution in [-0.2, 0) is 0 Å². The summed E-state index contributed by atoms with van der Waals surface area (Å²) in [4.78, 5) is 27.8. The second-order valence-corrected chi connectivity index (χ2v) is 11.5. The van der Waals surface area contributed by atoms with Crippen LogP contribution >= 0.6 is 0 Å². The van der Waals surface area contributed by atoms with E-state index < -0.39 is 0 Å². The van der Waals surface area contributed by atoms with Gasteiger partial charge in [-0.3, -0.25) is 4.79 Å². The van der Waals surface area contributed by atoms with E-state index in [-0.39, 0.29) is 24.1 Å². The highest BCUT2D eigenvalue weighted by atomic mass is 16.5. The van der Waals surface area contributed by atoms with Crippen molar-refractivity contribution in [1.82, 2.24) is 10.2 Å². The second kappa shape index (κ2) is 15.5. The average Bonchev–Trinajstić information content (AvgIpc) is 3.02. The van der Waals surface area contributed by atoms with Gasteiger partial charge in [-0.1, -0.05) is 13.8 Å². The van der Waals surface area contributed by atoms with Crippen molar-refractivity contribution < 1.29 is 23.8 Å². The van der Waals surface area contributed by atoms with E-state index in [1.54, 1.807) is 49.6 Å². The predicted octanol–water partition coefficient (Wildman–Crippen LogP) is 7.61. The minimum absolute atomic E-state index is 0.123. The van der Waals surface area contributed by atoms with Crippen LogP contribution in [0.3, 0.4) is 0 Å². The summed E-state index contributed by atoms with van der Waals surface area (Å²) in [5.41, 5.74) is 2.65. The molecule has 9 heteroatoms. The van der Waals surface area contributed by atoms with E-state index in [2.05, 4.69) is 34.7 Å². The number of piperidine rings is 1. The lowest BCUT2D eigenvalue weighted by molar-refractivity contribution is 0.0843. The number of urea groups is 1. The molecule has 236 valence electrons. The number of rotatable bonds is 12. The number of nitrogens with one attached hydrogen (secondary N) is 3. The Morgan fingerprint density at radius 2 is 1.50 bits per heavy atom. The van der Waals surface area contributed by atoms with Crippen LogP contribution in [0.15, 0.2) is 60.7 Å². The van der Waals surface area contributed by atoms with Crippen molar-refractivity contribution in [3.05, 3.63) is 71.8 Å². The quantitative estimate of drug-likeness (QED) is 0.197. The summed E-state index contributed by atoms with van der Waals surface area (Å²) in [6.07, 6.45) is 3.94. The summed E-state index contributed by atoms with van der Waals surface area (Å²) >= 11 is 0. The molecule has 0 aromatic heterocycles. The van der Waals surface area contributed by atoms with Gasteiger partial charge in [0.25, 0.3) is 5.91 Å². The lowest BCUT2D eigenvalue weighted by atomic mass is 10.1. The molecule has 3 aromatic rings. The van der Waals surface area contributed by atoms with Crippen LogP contribution in [0.5, 0.6) is 23.0 Å². The van der Waals surface area contributed by atoms with Crippen molar-refractivity contribution in [2.45, 2.75) is 78.5 Å². The number of amides is 3. The van der Waals surface area contributed by atoms with Gasteiger partial charge in [-0.15, -0.1) is 0 Å². The normalized spacial score (nSPS) is 13.9. The van der Waals surface area contributed by atoms with Crippen LogP contribution < -0.4 is 30.2 Å². The lowest BCUT2D eigenvalue weighted by Gasteiger charge is -2.34. The van der Waals surface area contributed by atoms with Crippen molar-refractivity contribution in [2.75, 3.05) is 30.8 Å². The molecular weight excluding hydrogens is 556 g/mol. The molecule has 1 aliphatic heterocycles. The monoisotopic (exact) mass is 602 g/mol. The van der Waals surface area contributed by atoms with E-state index in [4.69, 9.17) is 14.2 Å². The van der Waals surface area contributed by atoms with Crippen molar-refractivity contribution >= 4 is 23.3 Å². The zero-order valence-electron chi connectivity index (χ0n) is 26.7. The van der Waals surface area contributed by atoms with Gasteiger partial charge in [-0.05, 0) is 107 Å². The Bertz CT molecular complexity index is 1400. The van der Waals surface area contributed by atoms with Gasteiger partial charge in [0.05, 0.1) is 7.11 Å². The number of anilines is 2. The van der Waals surface area contributed by atoms with Crippen molar-refractivity contribution in [3.8, 4) is 23.0 Å². The molecule has 0 spiro atoms. The molecule has 1 fully saturated rings. The van der Waals surface area contributed by atoms with E-state index in [9.17, 15) is 9.59 Å². The first kappa shape index (κ1) is 32.7. The molecule has 9 nitrogen and oxygen atoms in total. The highest BCUT2D eigenvalue weighted by Crippen LogP contribution is 2.36. The number of nitrogens with zero attached hydrogens (tertiary/aromatic N) is 1. The van der Waals surface area contributed by atoms with Gasteiger partial charge in [0.1, 0.15) is 17.6 Å². The molecule has 0 aliphatic carbocycles. The average molecular weight is 603 g/mol. The molecule has 3 amide bonds. The summed E-state index contributed by atoms with van der Waals surface area (Å²) in [5.74, 6) is 2.19. The fourth-order valence-corrected chi connectivity index (χ4v) is 5.23. The summed E-state index contributed by atoms with van der Waals surface area (Å²) in [6.45, 7) is 12.5. The first-order valence-corrected chi connectivity index (χ1v) is 15.5. The number of benzene rings is 3. The van der Waals surface area contributed by atoms with E-state index in [0.29, 0.717) is 40.2 Å². The molecule has 0 radical (unpaired) electrons. The summed E-state index contributed by atoms with van der Waals surface area (Å²) < 4.78 is 17.8. The fourth-order valence-electron chi connectivity index (χ4n) is 5.23. The first-order valence-electron chi connectivity index (χ1n) is 15.5. The third kappa shape index (κ3) is 8.89. The number of likely N-dealkylation sites (tertiary alicyclic amines) is 1. The van der Waals surface area contributed by atoms with Gasteiger partial charge in [-0.25, -0.2) is 4.79 Å². The third-order valence-electron chi connectivity index (χ3n) is 8.02.